The van der Waals surface area contributed by atoms with Crippen molar-refractivity contribution in [3.8, 4) is 0 Å². The fourth-order valence-electron chi connectivity index (χ4n) is 2.15. The number of hydrogen-bond acceptors (Lipinski definition) is 2. The SMILES string of the molecule is CNCc1cccc(NC(=O)Cc2ccccc2C)c1. The topological polar surface area (TPSA) is 41.1 Å². The van der Waals surface area contributed by atoms with E-state index in [4.69, 9.17) is 0 Å². The van der Waals surface area contributed by atoms with Crippen molar-refractivity contribution >= 4 is 11.6 Å². The van der Waals surface area contributed by atoms with Gasteiger partial charge in [-0.15, -0.1) is 0 Å². The minimum atomic E-state index is 0.0147. The third kappa shape index (κ3) is 3.93. The first-order chi connectivity index (χ1) is 9.69. The molecule has 0 saturated heterocycles. The van der Waals surface area contributed by atoms with Crippen LogP contribution in [0.15, 0.2) is 48.5 Å². The highest BCUT2D eigenvalue weighted by molar-refractivity contribution is 5.92. The number of hydrogen-bond donors (Lipinski definition) is 2. The highest BCUT2D eigenvalue weighted by Crippen LogP contribution is 2.12. The molecule has 0 unspecified atom stereocenters. The van der Waals surface area contributed by atoms with Crippen molar-refractivity contribution in [2.75, 3.05) is 12.4 Å². The summed E-state index contributed by atoms with van der Waals surface area (Å²) in [5.74, 6) is 0.0147. The summed E-state index contributed by atoms with van der Waals surface area (Å²) >= 11 is 0. The zero-order valence-corrected chi connectivity index (χ0v) is 11.9. The molecule has 0 spiro atoms. The van der Waals surface area contributed by atoms with Gasteiger partial charge in [0, 0.05) is 12.2 Å². The van der Waals surface area contributed by atoms with Crippen LogP contribution in [0.25, 0.3) is 0 Å². The van der Waals surface area contributed by atoms with Gasteiger partial charge in [0.15, 0.2) is 0 Å². The Balaban J connectivity index is 2.01. The Hall–Kier alpha value is -2.13. The summed E-state index contributed by atoms with van der Waals surface area (Å²) in [5.41, 5.74) is 4.21. The van der Waals surface area contributed by atoms with E-state index in [1.54, 1.807) is 0 Å². The van der Waals surface area contributed by atoms with Crippen LogP contribution in [-0.4, -0.2) is 13.0 Å². The molecule has 0 aromatic heterocycles. The lowest BCUT2D eigenvalue weighted by molar-refractivity contribution is -0.115. The van der Waals surface area contributed by atoms with E-state index in [1.807, 2.05) is 62.5 Å². The Morgan fingerprint density at radius 3 is 2.65 bits per heavy atom. The second-order valence-electron chi connectivity index (χ2n) is 4.88. The van der Waals surface area contributed by atoms with Crippen molar-refractivity contribution in [1.29, 1.82) is 0 Å². The number of rotatable bonds is 5. The highest BCUT2D eigenvalue weighted by Gasteiger charge is 2.06. The molecule has 0 aliphatic carbocycles. The number of benzene rings is 2. The highest BCUT2D eigenvalue weighted by atomic mass is 16.1. The molecule has 104 valence electrons. The zero-order chi connectivity index (χ0) is 14.4. The van der Waals surface area contributed by atoms with Crippen LogP contribution in [0.1, 0.15) is 16.7 Å². The number of nitrogens with one attached hydrogen (secondary N) is 2. The van der Waals surface area contributed by atoms with Crippen molar-refractivity contribution < 1.29 is 4.79 Å². The fourth-order valence-corrected chi connectivity index (χ4v) is 2.15. The van der Waals surface area contributed by atoms with Crippen molar-refractivity contribution in [2.45, 2.75) is 19.9 Å². The number of aryl methyl sites for hydroxylation is 1. The molecule has 2 N–H and O–H groups in total. The van der Waals surface area contributed by atoms with Crippen LogP contribution in [0.3, 0.4) is 0 Å². The molecular weight excluding hydrogens is 248 g/mol. The third-order valence-electron chi connectivity index (χ3n) is 3.20. The van der Waals surface area contributed by atoms with Gasteiger partial charge in [-0.1, -0.05) is 36.4 Å². The summed E-state index contributed by atoms with van der Waals surface area (Å²) in [6.07, 6.45) is 0.406. The standard InChI is InChI=1S/C17H20N2O/c1-13-6-3-4-8-15(13)11-17(20)19-16-9-5-7-14(10-16)12-18-2/h3-10,18H,11-12H2,1-2H3,(H,19,20). The molecule has 0 bridgehead atoms. The smallest absolute Gasteiger partial charge is 0.228 e. The average Bonchev–Trinajstić information content (AvgIpc) is 2.42. The average molecular weight is 268 g/mol. The van der Waals surface area contributed by atoms with Crippen molar-refractivity contribution in [2.24, 2.45) is 0 Å². The largest absolute Gasteiger partial charge is 0.326 e. The molecule has 2 aromatic carbocycles. The molecule has 3 nitrogen and oxygen atoms in total. The summed E-state index contributed by atoms with van der Waals surface area (Å²) in [6, 6.07) is 15.9. The molecule has 0 fully saturated rings. The van der Waals surface area contributed by atoms with Crippen LogP contribution >= 0.6 is 0 Å². The molecular formula is C17H20N2O. The maximum absolute atomic E-state index is 12.1. The van der Waals surface area contributed by atoms with Gasteiger partial charge in [0.25, 0.3) is 0 Å². The van der Waals surface area contributed by atoms with Crippen molar-refractivity contribution in [3.63, 3.8) is 0 Å². The molecule has 0 radical (unpaired) electrons. The summed E-state index contributed by atoms with van der Waals surface area (Å²) in [7, 11) is 1.91. The van der Waals surface area contributed by atoms with Gasteiger partial charge in [-0.3, -0.25) is 4.79 Å². The summed E-state index contributed by atoms with van der Waals surface area (Å²) in [5, 5.41) is 6.05. The Morgan fingerprint density at radius 2 is 1.90 bits per heavy atom. The molecule has 0 saturated carbocycles. The van der Waals surface area contributed by atoms with Gasteiger partial charge >= 0.3 is 0 Å². The van der Waals surface area contributed by atoms with Gasteiger partial charge in [0.1, 0.15) is 0 Å². The predicted molar refractivity (Wildman–Crippen MR) is 82.7 cm³/mol. The van der Waals surface area contributed by atoms with Crippen LogP contribution in [0, 0.1) is 6.92 Å². The van der Waals surface area contributed by atoms with E-state index in [1.165, 1.54) is 0 Å². The van der Waals surface area contributed by atoms with Crippen LogP contribution in [-0.2, 0) is 17.8 Å². The lowest BCUT2D eigenvalue weighted by Gasteiger charge is -2.09. The van der Waals surface area contributed by atoms with E-state index < -0.39 is 0 Å². The lowest BCUT2D eigenvalue weighted by atomic mass is 10.1. The minimum Gasteiger partial charge on any atom is -0.326 e. The number of amides is 1. The van der Waals surface area contributed by atoms with Crippen molar-refractivity contribution in [3.05, 3.63) is 65.2 Å². The normalized spacial score (nSPS) is 10.3. The summed E-state index contributed by atoms with van der Waals surface area (Å²) < 4.78 is 0. The minimum absolute atomic E-state index is 0.0147. The Kier molecular flexibility index (Phi) is 4.91. The molecule has 1 amide bonds. The van der Waals surface area contributed by atoms with Gasteiger partial charge in [0.05, 0.1) is 6.42 Å². The number of anilines is 1. The van der Waals surface area contributed by atoms with Gasteiger partial charge < -0.3 is 10.6 Å². The van der Waals surface area contributed by atoms with Gasteiger partial charge in [-0.25, -0.2) is 0 Å². The molecule has 0 aliphatic rings. The monoisotopic (exact) mass is 268 g/mol. The Labute approximate surface area is 120 Å². The predicted octanol–water partition coefficient (Wildman–Crippen LogP) is 2.90. The van der Waals surface area contributed by atoms with E-state index in [-0.39, 0.29) is 5.91 Å². The lowest BCUT2D eigenvalue weighted by Crippen LogP contribution is -2.15. The molecule has 0 atom stereocenters. The molecule has 2 aromatic rings. The van der Waals surface area contributed by atoms with E-state index >= 15 is 0 Å². The first-order valence-electron chi connectivity index (χ1n) is 6.77. The molecule has 0 aliphatic heterocycles. The van der Waals surface area contributed by atoms with Gasteiger partial charge in [-0.2, -0.15) is 0 Å². The van der Waals surface area contributed by atoms with Gasteiger partial charge in [-0.05, 0) is 42.8 Å². The first-order valence-corrected chi connectivity index (χ1v) is 6.77. The van der Waals surface area contributed by atoms with E-state index in [2.05, 4.69) is 10.6 Å². The maximum Gasteiger partial charge on any atom is 0.228 e. The van der Waals surface area contributed by atoms with E-state index in [0.29, 0.717) is 6.42 Å². The summed E-state index contributed by atoms with van der Waals surface area (Å²) in [6.45, 7) is 2.82. The van der Waals surface area contributed by atoms with Crippen LogP contribution < -0.4 is 10.6 Å². The number of carbonyl (C=O) groups is 1. The van der Waals surface area contributed by atoms with Crippen LogP contribution in [0.5, 0.6) is 0 Å². The van der Waals surface area contributed by atoms with Crippen LogP contribution in [0.2, 0.25) is 0 Å². The number of carbonyl (C=O) groups excluding carboxylic acids is 1. The van der Waals surface area contributed by atoms with Crippen molar-refractivity contribution in [1.82, 2.24) is 5.32 Å². The zero-order valence-electron chi connectivity index (χ0n) is 11.9. The van der Waals surface area contributed by atoms with E-state index in [0.717, 1.165) is 28.9 Å². The Morgan fingerprint density at radius 1 is 1.10 bits per heavy atom. The molecule has 3 heteroatoms. The quantitative estimate of drug-likeness (QED) is 0.875. The van der Waals surface area contributed by atoms with E-state index in [9.17, 15) is 4.79 Å². The third-order valence-corrected chi connectivity index (χ3v) is 3.20. The Bertz CT molecular complexity index is 593. The molecule has 0 heterocycles. The summed E-state index contributed by atoms with van der Waals surface area (Å²) in [4.78, 5) is 12.1. The second kappa shape index (κ2) is 6.87. The van der Waals surface area contributed by atoms with Crippen LogP contribution in [0.4, 0.5) is 5.69 Å². The van der Waals surface area contributed by atoms with Gasteiger partial charge in [0.2, 0.25) is 5.91 Å². The molecule has 2 rings (SSSR count). The molecule has 20 heavy (non-hydrogen) atoms. The maximum atomic E-state index is 12.1. The first kappa shape index (κ1) is 14.3. The second-order valence-corrected chi connectivity index (χ2v) is 4.88. The fraction of sp³-hybridized carbons (Fsp3) is 0.235.